The Kier molecular flexibility index (Phi) is 1.19. The molecule has 1 heterocycles. The first-order chi connectivity index (χ1) is 5.18. The number of hydrogen-bond acceptors (Lipinski definition) is 2. The number of ketones is 1. The van der Waals surface area contributed by atoms with E-state index in [1.54, 1.807) is 0 Å². The first-order valence-corrected chi connectivity index (χ1v) is 3.70. The summed E-state index contributed by atoms with van der Waals surface area (Å²) in [6.07, 6.45) is 0.145. The van der Waals surface area contributed by atoms with E-state index in [2.05, 4.69) is 0 Å². The third-order valence-electron chi connectivity index (χ3n) is 2.55. The van der Waals surface area contributed by atoms with E-state index in [0.29, 0.717) is 25.3 Å². The SMILES string of the molecule is O=C1C[C@H]2CN(C(=O)O)[C@H]2C1. The highest BCUT2D eigenvalue weighted by molar-refractivity contribution is 5.84. The van der Waals surface area contributed by atoms with Gasteiger partial charge in [0.25, 0.3) is 0 Å². The van der Waals surface area contributed by atoms with Crippen molar-refractivity contribution < 1.29 is 14.7 Å². The fourth-order valence-corrected chi connectivity index (χ4v) is 1.93. The summed E-state index contributed by atoms with van der Waals surface area (Å²) in [6.45, 7) is 0.561. The molecule has 0 bridgehead atoms. The molecule has 0 spiro atoms. The lowest BCUT2D eigenvalue weighted by Gasteiger charge is -2.41. The zero-order chi connectivity index (χ0) is 8.01. The predicted octanol–water partition coefficient (Wildman–Crippen LogP) is 0.328. The minimum atomic E-state index is -0.888. The molecule has 60 valence electrons. The van der Waals surface area contributed by atoms with Crippen LogP contribution in [-0.4, -0.2) is 34.5 Å². The Morgan fingerprint density at radius 2 is 2.27 bits per heavy atom. The average Bonchev–Trinajstić information content (AvgIpc) is 2.13. The topological polar surface area (TPSA) is 57.6 Å². The molecule has 0 aromatic carbocycles. The van der Waals surface area contributed by atoms with E-state index < -0.39 is 6.09 Å². The number of Topliss-reactive ketones (excluding diaryl/α,β-unsaturated/α-hetero) is 1. The first-order valence-electron chi connectivity index (χ1n) is 3.70. The zero-order valence-electron chi connectivity index (χ0n) is 5.99. The second-order valence-electron chi connectivity index (χ2n) is 3.21. The minimum Gasteiger partial charge on any atom is -0.465 e. The fraction of sp³-hybridized carbons (Fsp3) is 0.714. The van der Waals surface area contributed by atoms with Crippen LogP contribution in [0, 0.1) is 5.92 Å². The molecule has 0 unspecified atom stereocenters. The van der Waals surface area contributed by atoms with Gasteiger partial charge in [0.15, 0.2) is 0 Å². The van der Waals surface area contributed by atoms with Gasteiger partial charge in [-0.3, -0.25) is 4.79 Å². The lowest BCUT2D eigenvalue weighted by molar-refractivity contribution is -0.117. The Morgan fingerprint density at radius 1 is 1.55 bits per heavy atom. The van der Waals surface area contributed by atoms with Gasteiger partial charge in [-0.25, -0.2) is 4.79 Å². The van der Waals surface area contributed by atoms with Crippen molar-refractivity contribution >= 4 is 11.9 Å². The molecule has 4 nitrogen and oxygen atoms in total. The summed E-state index contributed by atoms with van der Waals surface area (Å²) in [5, 5.41) is 8.58. The van der Waals surface area contributed by atoms with E-state index in [9.17, 15) is 9.59 Å². The normalized spacial score (nSPS) is 34.9. The van der Waals surface area contributed by atoms with Crippen molar-refractivity contribution in [3.8, 4) is 0 Å². The van der Waals surface area contributed by atoms with E-state index in [0.717, 1.165) is 0 Å². The van der Waals surface area contributed by atoms with Crippen molar-refractivity contribution in [1.29, 1.82) is 0 Å². The fourth-order valence-electron chi connectivity index (χ4n) is 1.93. The summed E-state index contributed by atoms with van der Waals surface area (Å²) in [7, 11) is 0. The highest BCUT2D eigenvalue weighted by Gasteiger charge is 2.47. The van der Waals surface area contributed by atoms with Crippen LogP contribution in [0.3, 0.4) is 0 Å². The van der Waals surface area contributed by atoms with E-state index in [1.165, 1.54) is 4.90 Å². The van der Waals surface area contributed by atoms with Gasteiger partial charge in [-0.2, -0.15) is 0 Å². The Morgan fingerprint density at radius 3 is 2.82 bits per heavy atom. The largest absolute Gasteiger partial charge is 0.465 e. The van der Waals surface area contributed by atoms with Crippen LogP contribution in [0.15, 0.2) is 0 Å². The molecule has 1 aliphatic carbocycles. The molecular formula is C7H9NO3. The van der Waals surface area contributed by atoms with Crippen LogP contribution in [0.4, 0.5) is 4.79 Å². The number of likely N-dealkylation sites (tertiary alicyclic amines) is 1. The highest BCUT2D eigenvalue weighted by Crippen LogP contribution is 2.36. The summed E-state index contributed by atoms with van der Waals surface area (Å²) < 4.78 is 0. The number of fused-ring (bicyclic) bond motifs is 1. The van der Waals surface area contributed by atoms with Gasteiger partial charge in [-0.15, -0.1) is 0 Å². The van der Waals surface area contributed by atoms with Gasteiger partial charge in [0.1, 0.15) is 5.78 Å². The molecule has 1 saturated carbocycles. The van der Waals surface area contributed by atoms with Crippen LogP contribution in [0.2, 0.25) is 0 Å². The summed E-state index contributed by atoms with van der Waals surface area (Å²) in [5.74, 6) is 0.544. The molecular weight excluding hydrogens is 146 g/mol. The smallest absolute Gasteiger partial charge is 0.407 e. The maximum atomic E-state index is 10.9. The van der Waals surface area contributed by atoms with Gasteiger partial charge in [-0.05, 0) is 0 Å². The molecule has 4 heteroatoms. The van der Waals surface area contributed by atoms with Crippen LogP contribution < -0.4 is 0 Å². The first kappa shape index (κ1) is 6.64. The van der Waals surface area contributed by atoms with Gasteiger partial charge >= 0.3 is 6.09 Å². The molecule has 1 saturated heterocycles. The van der Waals surface area contributed by atoms with Crippen molar-refractivity contribution in [2.24, 2.45) is 5.92 Å². The van der Waals surface area contributed by atoms with Crippen LogP contribution in [0.1, 0.15) is 12.8 Å². The molecule has 0 aromatic heterocycles. The van der Waals surface area contributed by atoms with E-state index in [1.807, 2.05) is 0 Å². The monoisotopic (exact) mass is 155 g/mol. The predicted molar refractivity (Wildman–Crippen MR) is 36.2 cm³/mol. The molecule has 2 aliphatic rings. The lowest BCUT2D eigenvalue weighted by atomic mass is 9.93. The van der Waals surface area contributed by atoms with Gasteiger partial charge in [0.2, 0.25) is 0 Å². The molecule has 11 heavy (non-hydrogen) atoms. The standard InChI is InChI=1S/C7H9NO3/c9-5-1-4-3-8(7(10)11)6(4)2-5/h4,6H,1-3H2,(H,10,11)/t4-,6-/m0/s1. The van der Waals surface area contributed by atoms with Gasteiger partial charge in [0.05, 0.1) is 0 Å². The molecule has 1 amide bonds. The summed E-state index contributed by atoms with van der Waals surface area (Å²) in [6, 6.07) is 0.0139. The lowest BCUT2D eigenvalue weighted by Crippen LogP contribution is -2.55. The Bertz CT molecular complexity index is 226. The second-order valence-corrected chi connectivity index (χ2v) is 3.21. The molecule has 1 N–H and O–H groups in total. The number of amides is 1. The molecule has 0 radical (unpaired) electrons. The Labute approximate surface area is 63.8 Å². The van der Waals surface area contributed by atoms with Crippen molar-refractivity contribution in [2.45, 2.75) is 18.9 Å². The molecule has 0 aromatic rings. The quantitative estimate of drug-likeness (QED) is 0.548. The number of carbonyl (C=O) groups is 2. The van der Waals surface area contributed by atoms with E-state index in [4.69, 9.17) is 5.11 Å². The Hall–Kier alpha value is -1.06. The highest BCUT2D eigenvalue weighted by atomic mass is 16.4. The van der Waals surface area contributed by atoms with Gasteiger partial charge in [0, 0.05) is 31.3 Å². The molecule has 2 rings (SSSR count). The van der Waals surface area contributed by atoms with Crippen LogP contribution in [0.25, 0.3) is 0 Å². The minimum absolute atomic E-state index is 0.0139. The van der Waals surface area contributed by atoms with Crippen molar-refractivity contribution in [1.82, 2.24) is 4.90 Å². The Balaban J connectivity index is 2.05. The number of rotatable bonds is 0. The van der Waals surface area contributed by atoms with E-state index in [-0.39, 0.29) is 11.8 Å². The van der Waals surface area contributed by atoms with Crippen molar-refractivity contribution in [3.05, 3.63) is 0 Å². The third kappa shape index (κ3) is 0.818. The maximum absolute atomic E-state index is 10.9. The average molecular weight is 155 g/mol. The summed E-state index contributed by atoms with van der Waals surface area (Å²) in [5.41, 5.74) is 0. The third-order valence-corrected chi connectivity index (χ3v) is 2.55. The number of nitrogens with zero attached hydrogens (tertiary/aromatic N) is 1. The number of hydrogen-bond donors (Lipinski definition) is 1. The van der Waals surface area contributed by atoms with Crippen LogP contribution in [0.5, 0.6) is 0 Å². The molecule has 2 atom stereocenters. The summed E-state index contributed by atoms with van der Waals surface area (Å²) in [4.78, 5) is 22.7. The van der Waals surface area contributed by atoms with Crippen LogP contribution in [-0.2, 0) is 4.79 Å². The maximum Gasteiger partial charge on any atom is 0.407 e. The van der Waals surface area contributed by atoms with E-state index >= 15 is 0 Å². The molecule has 1 aliphatic heterocycles. The summed E-state index contributed by atoms with van der Waals surface area (Å²) >= 11 is 0. The van der Waals surface area contributed by atoms with Crippen molar-refractivity contribution in [3.63, 3.8) is 0 Å². The number of carboxylic acid groups (broad SMARTS) is 1. The van der Waals surface area contributed by atoms with Gasteiger partial charge < -0.3 is 10.0 Å². The zero-order valence-corrected chi connectivity index (χ0v) is 5.99. The van der Waals surface area contributed by atoms with Gasteiger partial charge in [-0.1, -0.05) is 0 Å². The second kappa shape index (κ2) is 1.96. The molecule has 2 fully saturated rings. The van der Waals surface area contributed by atoms with Crippen LogP contribution >= 0.6 is 0 Å². The van der Waals surface area contributed by atoms with Crippen molar-refractivity contribution in [2.75, 3.05) is 6.54 Å². The number of carbonyl (C=O) groups excluding carboxylic acids is 1.